The van der Waals surface area contributed by atoms with E-state index in [2.05, 4.69) is 10.0 Å². The van der Waals surface area contributed by atoms with E-state index >= 15 is 0 Å². The number of anilines is 1. The van der Waals surface area contributed by atoms with Gasteiger partial charge in [0.15, 0.2) is 0 Å². The molecule has 0 atom stereocenters. The van der Waals surface area contributed by atoms with Gasteiger partial charge in [0, 0.05) is 12.2 Å². The third-order valence-corrected chi connectivity index (χ3v) is 5.67. The Morgan fingerprint density at radius 2 is 1.62 bits per heavy atom. The van der Waals surface area contributed by atoms with Crippen LogP contribution in [0.4, 0.5) is 14.5 Å². The Morgan fingerprint density at radius 3 is 2.31 bits per heavy atom. The van der Waals surface area contributed by atoms with Crippen LogP contribution in [-0.4, -0.2) is 14.3 Å². The molecule has 0 heterocycles. The number of hydrogen-bond acceptors (Lipinski definition) is 3. The van der Waals surface area contributed by atoms with Gasteiger partial charge in [-0.3, -0.25) is 4.79 Å². The third-order valence-electron chi connectivity index (χ3n) is 3.98. The van der Waals surface area contributed by atoms with Crippen molar-refractivity contribution in [3.05, 3.63) is 94.5 Å². The van der Waals surface area contributed by atoms with Gasteiger partial charge >= 0.3 is 0 Å². The summed E-state index contributed by atoms with van der Waals surface area (Å²) in [5.41, 5.74) is 0.397. The minimum atomic E-state index is -3.98. The lowest BCUT2D eigenvalue weighted by molar-refractivity contribution is 0.102. The molecule has 0 saturated heterocycles. The summed E-state index contributed by atoms with van der Waals surface area (Å²) in [6.07, 6.45) is 0. The summed E-state index contributed by atoms with van der Waals surface area (Å²) in [5.74, 6) is -2.48. The van der Waals surface area contributed by atoms with E-state index in [9.17, 15) is 22.0 Å². The molecule has 0 spiro atoms. The molecule has 0 bridgehead atoms. The summed E-state index contributed by atoms with van der Waals surface area (Å²) in [4.78, 5) is 12.1. The van der Waals surface area contributed by atoms with Crippen LogP contribution in [0.5, 0.6) is 0 Å². The van der Waals surface area contributed by atoms with Gasteiger partial charge < -0.3 is 5.32 Å². The minimum Gasteiger partial charge on any atom is -0.322 e. The van der Waals surface area contributed by atoms with Gasteiger partial charge in [0.1, 0.15) is 11.6 Å². The lowest BCUT2D eigenvalue weighted by Gasteiger charge is -2.10. The van der Waals surface area contributed by atoms with Gasteiger partial charge in [-0.15, -0.1) is 0 Å². The van der Waals surface area contributed by atoms with Crippen LogP contribution in [0.3, 0.4) is 0 Å². The van der Waals surface area contributed by atoms with Crippen molar-refractivity contribution in [3.8, 4) is 0 Å². The lowest BCUT2D eigenvalue weighted by Crippen LogP contribution is -2.24. The van der Waals surface area contributed by atoms with Crippen LogP contribution in [0.15, 0.2) is 71.6 Å². The van der Waals surface area contributed by atoms with E-state index in [4.69, 9.17) is 11.6 Å². The number of amides is 1. The van der Waals surface area contributed by atoms with Crippen molar-refractivity contribution in [1.82, 2.24) is 4.72 Å². The maximum Gasteiger partial charge on any atom is 0.258 e. The fraction of sp³-hybridized carbons (Fsp3) is 0.0500. The Balaban J connectivity index is 1.81. The van der Waals surface area contributed by atoms with Gasteiger partial charge in [-0.05, 0) is 42.0 Å². The van der Waals surface area contributed by atoms with Gasteiger partial charge in [0.2, 0.25) is 10.0 Å². The molecule has 0 aliphatic carbocycles. The number of sulfonamides is 1. The fourth-order valence-corrected chi connectivity index (χ4v) is 3.70. The predicted octanol–water partition coefficient (Wildman–Crippen LogP) is 4.35. The maximum atomic E-state index is 14.1. The van der Waals surface area contributed by atoms with E-state index in [1.165, 1.54) is 6.07 Å². The molecule has 1 amide bonds. The number of rotatable bonds is 6. The zero-order valence-electron chi connectivity index (χ0n) is 14.8. The van der Waals surface area contributed by atoms with Crippen molar-refractivity contribution in [2.75, 3.05) is 5.32 Å². The molecule has 3 aromatic rings. The standard InChI is InChI=1S/C20H15ClF2N2O3S/c21-17-10-14(6-8-19(17)23)25-20(26)16-11-15(7-9-18(16)22)29(27,28)24-12-13-4-2-1-3-5-13/h1-11,24H,12H2,(H,25,26). The largest absolute Gasteiger partial charge is 0.322 e. The summed E-state index contributed by atoms with van der Waals surface area (Å²) < 4.78 is 54.8. The molecule has 0 unspecified atom stereocenters. The average Bonchev–Trinajstić information content (AvgIpc) is 2.70. The quantitative estimate of drug-likeness (QED) is 0.603. The Morgan fingerprint density at radius 1 is 0.931 bits per heavy atom. The molecule has 2 N–H and O–H groups in total. The Hall–Kier alpha value is -2.81. The second-order valence-corrected chi connectivity index (χ2v) is 8.21. The van der Waals surface area contributed by atoms with Gasteiger partial charge in [-0.25, -0.2) is 21.9 Å². The molecule has 0 aliphatic rings. The smallest absolute Gasteiger partial charge is 0.258 e. The monoisotopic (exact) mass is 436 g/mol. The van der Waals surface area contributed by atoms with E-state index in [0.29, 0.717) is 0 Å². The summed E-state index contributed by atoms with van der Waals surface area (Å²) in [7, 11) is -3.98. The molecule has 9 heteroatoms. The van der Waals surface area contributed by atoms with Crippen LogP contribution >= 0.6 is 11.6 Å². The number of carbonyl (C=O) groups is 1. The van der Waals surface area contributed by atoms with Crippen LogP contribution in [0.25, 0.3) is 0 Å². The molecule has 3 aromatic carbocycles. The molecule has 150 valence electrons. The first kappa shape index (κ1) is 20.9. The summed E-state index contributed by atoms with van der Waals surface area (Å²) in [6, 6.07) is 15.2. The highest BCUT2D eigenvalue weighted by Gasteiger charge is 2.20. The molecule has 0 aliphatic heterocycles. The van der Waals surface area contributed by atoms with E-state index in [0.717, 1.165) is 35.9 Å². The fourth-order valence-electron chi connectivity index (χ4n) is 2.48. The third kappa shape index (κ3) is 5.17. The van der Waals surface area contributed by atoms with Crippen LogP contribution in [-0.2, 0) is 16.6 Å². The van der Waals surface area contributed by atoms with E-state index in [1.807, 2.05) is 0 Å². The highest BCUT2D eigenvalue weighted by atomic mass is 35.5. The van der Waals surface area contributed by atoms with Gasteiger partial charge in [-0.2, -0.15) is 0 Å². The molecule has 0 saturated carbocycles. The van der Waals surface area contributed by atoms with Crippen molar-refractivity contribution in [1.29, 1.82) is 0 Å². The van der Waals surface area contributed by atoms with Gasteiger partial charge in [-0.1, -0.05) is 41.9 Å². The highest BCUT2D eigenvalue weighted by Crippen LogP contribution is 2.21. The van der Waals surface area contributed by atoms with E-state index < -0.39 is 33.1 Å². The molecule has 29 heavy (non-hydrogen) atoms. The number of benzene rings is 3. The van der Waals surface area contributed by atoms with E-state index in [-0.39, 0.29) is 22.2 Å². The Kier molecular flexibility index (Phi) is 6.26. The first-order valence-corrected chi connectivity index (χ1v) is 10.2. The van der Waals surface area contributed by atoms with Crippen LogP contribution in [0, 0.1) is 11.6 Å². The van der Waals surface area contributed by atoms with Crippen molar-refractivity contribution < 1.29 is 22.0 Å². The molecule has 3 rings (SSSR count). The van der Waals surface area contributed by atoms with Crippen molar-refractivity contribution in [2.45, 2.75) is 11.4 Å². The number of hydrogen-bond donors (Lipinski definition) is 2. The van der Waals surface area contributed by atoms with Crippen molar-refractivity contribution in [2.24, 2.45) is 0 Å². The highest BCUT2D eigenvalue weighted by molar-refractivity contribution is 7.89. The molecule has 0 fully saturated rings. The summed E-state index contributed by atoms with van der Waals surface area (Å²) in [6.45, 7) is 0.0379. The first-order valence-electron chi connectivity index (χ1n) is 8.36. The van der Waals surface area contributed by atoms with Gasteiger partial charge in [0.05, 0.1) is 15.5 Å². The molecular formula is C20H15ClF2N2O3S. The van der Waals surface area contributed by atoms with Crippen LogP contribution in [0.1, 0.15) is 15.9 Å². The molecular weight excluding hydrogens is 422 g/mol. The predicted molar refractivity (Wildman–Crippen MR) is 106 cm³/mol. The normalized spacial score (nSPS) is 11.3. The van der Waals surface area contributed by atoms with Crippen LogP contribution < -0.4 is 10.0 Å². The van der Waals surface area contributed by atoms with E-state index in [1.54, 1.807) is 30.3 Å². The Labute approximate surface area is 171 Å². The molecule has 5 nitrogen and oxygen atoms in total. The Bertz CT molecular complexity index is 1160. The van der Waals surface area contributed by atoms with Crippen molar-refractivity contribution >= 4 is 33.2 Å². The number of halogens is 3. The molecule has 0 aromatic heterocycles. The summed E-state index contributed by atoms with van der Waals surface area (Å²) >= 11 is 5.66. The van der Waals surface area contributed by atoms with Crippen LogP contribution in [0.2, 0.25) is 5.02 Å². The number of carbonyl (C=O) groups excluding carboxylic acids is 1. The SMILES string of the molecule is O=C(Nc1ccc(F)c(Cl)c1)c1cc(S(=O)(=O)NCc2ccccc2)ccc1F. The number of nitrogens with one attached hydrogen (secondary N) is 2. The van der Waals surface area contributed by atoms with Crippen molar-refractivity contribution in [3.63, 3.8) is 0 Å². The summed E-state index contributed by atoms with van der Waals surface area (Å²) in [5, 5.41) is 2.14. The minimum absolute atomic E-state index is 0.0379. The second kappa shape index (κ2) is 8.69. The zero-order valence-corrected chi connectivity index (χ0v) is 16.4. The second-order valence-electron chi connectivity index (χ2n) is 6.03. The van der Waals surface area contributed by atoms with Gasteiger partial charge in [0.25, 0.3) is 5.91 Å². The first-order chi connectivity index (χ1) is 13.8. The lowest BCUT2D eigenvalue weighted by atomic mass is 10.2. The topological polar surface area (TPSA) is 75.3 Å². The molecule has 0 radical (unpaired) electrons. The maximum absolute atomic E-state index is 14.1. The zero-order chi connectivity index (χ0) is 21.0. The average molecular weight is 437 g/mol.